The summed E-state index contributed by atoms with van der Waals surface area (Å²) in [4.78, 5) is 11.9. The van der Waals surface area contributed by atoms with E-state index in [2.05, 4.69) is 10.4 Å². The van der Waals surface area contributed by atoms with Crippen LogP contribution in [-0.4, -0.2) is 15.7 Å². The molecule has 5 nitrogen and oxygen atoms in total. The predicted molar refractivity (Wildman–Crippen MR) is 73.4 cm³/mol. The Balaban J connectivity index is 1.96. The molecule has 2 rings (SSSR count). The van der Waals surface area contributed by atoms with Crippen LogP contribution in [0.3, 0.4) is 0 Å². The number of carbonyl (C=O) groups excluding carboxylic acids is 1. The van der Waals surface area contributed by atoms with Crippen molar-refractivity contribution in [3.63, 3.8) is 0 Å². The molecular formula is C13H15ClN4O. The lowest BCUT2D eigenvalue weighted by Crippen LogP contribution is -2.33. The molecule has 0 bridgehead atoms. The molecule has 0 radical (unpaired) electrons. The van der Waals surface area contributed by atoms with Crippen LogP contribution in [0.2, 0.25) is 5.02 Å². The smallest absolute Gasteiger partial charge is 0.241 e. The van der Waals surface area contributed by atoms with E-state index in [4.69, 9.17) is 17.3 Å². The molecule has 1 atom stereocenters. The predicted octanol–water partition coefficient (Wildman–Crippen LogP) is 1.39. The number of hydrogen-bond donors (Lipinski definition) is 2. The number of nitrogens with one attached hydrogen (secondary N) is 1. The number of nitrogens with two attached hydrogens (primary N) is 1. The van der Waals surface area contributed by atoms with Crippen LogP contribution < -0.4 is 11.1 Å². The summed E-state index contributed by atoms with van der Waals surface area (Å²) in [7, 11) is 1.78. The maximum absolute atomic E-state index is 11.9. The molecule has 0 fully saturated rings. The third kappa shape index (κ3) is 3.33. The Morgan fingerprint density at radius 2 is 2.26 bits per heavy atom. The molecule has 0 aliphatic carbocycles. The lowest BCUT2D eigenvalue weighted by atomic mass is 10.1. The van der Waals surface area contributed by atoms with E-state index in [9.17, 15) is 4.79 Å². The second kappa shape index (κ2) is 5.86. The molecule has 0 aliphatic rings. The summed E-state index contributed by atoms with van der Waals surface area (Å²) in [5, 5.41) is 7.37. The highest BCUT2D eigenvalue weighted by Gasteiger charge is 2.17. The number of hydrogen-bond acceptors (Lipinski definition) is 3. The molecule has 1 unspecified atom stereocenters. The summed E-state index contributed by atoms with van der Waals surface area (Å²) in [5.41, 5.74) is 7.39. The van der Waals surface area contributed by atoms with Gasteiger partial charge in [-0.05, 0) is 11.6 Å². The molecule has 3 N–H and O–H groups in total. The molecule has 1 amide bonds. The molecule has 0 spiro atoms. The zero-order valence-electron chi connectivity index (χ0n) is 10.5. The standard InChI is InChI=1S/C13H15ClN4O/c1-18-8-10(7-17-18)12(15)13(19)16-6-9-4-2-3-5-11(9)14/h2-5,7-8,12H,6,15H2,1H3,(H,16,19). The molecule has 0 saturated carbocycles. The van der Waals surface area contributed by atoms with Gasteiger partial charge in [0.1, 0.15) is 6.04 Å². The van der Waals surface area contributed by atoms with Gasteiger partial charge in [0.15, 0.2) is 0 Å². The Hall–Kier alpha value is -1.85. The minimum Gasteiger partial charge on any atom is -0.350 e. The molecular weight excluding hydrogens is 264 g/mol. The van der Waals surface area contributed by atoms with E-state index >= 15 is 0 Å². The van der Waals surface area contributed by atoms with Crippen LogP contribution in [0.15, 0.2) is 36.7 Å². The molecule has 100 valence electrons. The topological polar surface area (TPSA) is 72.9 Å². The normalized spacial score (nSPS) is 12.2. The van der Waals surface area contributed by atoms with Gasteiger partial charge < -0.3 is 11.1 Å². The van der Waals surface area contributed by atoms with Crippen molar-refractivity contribution in [1.29, 1.82) is 0 Å². The highest BCUT2D eigenvalue weighted by molar-refractivity contribution is 6.31. The van der Waals surface area contributed by atoms with Gasteiger partial charge in [-0.15, -0.1) is 0 Å². The van der Waals surface area contributed by atoms with Crippen molar-refractivity contribution in [1.82, 2.24) is 15.1 Å². The summed E-state index contributed by atoms with van der Waals surface area (Å²) in [6, 6.07) is 6.63. The van der Waals surface area contributed by atoms with Gasteiger partial charge in [0.05, 0.1) is 6.20 Å². The first-order chi connectivity index (χ1) is 9.08. The Bertz CT molecular complexity index is 582. The van der Waals surface area contributed by atoms with Gasteiger partial charge in [-0.25, -0.2) is 0 Å². The molecule has 1 aromatic heterocycles. The highest BCUT2D eigenvalue weighted by Crippen LogP contribution is 2.15. The van der Waals surface area contributed by atoms with Crippen molar-refractivity contribution in [2.75, 3.05) is 0 Å². The number of rotatable bonds is 4. The highest BCUT2D eigenvalue weighted by atomic mass is 35.5. The Morgan fingerprint density at radius 1 is 1.53 bits per heavy atom. The minimum atomic E-state index is -0.726. The van der Waals surface area contributed by atoms with Crippen LogP contribution in [0.4, 0.5) is 0 Å². The van der Waals surface area contributed by atoms with E-state index in [1.54, 1.807) is 30.2 Å². The Kier molecular flexibility index (Phi) is 4.19. The average Bonchev–Trinajstić information content (AvgIpc) is 2.83. The van der Waals surface area contributed by atoms with E-state index < -0.39 is 6.04 Å². The van der Waals surface area contributed by atoms with Crippen molar-refractivity contribution >= 4 is 17.5 Å². The van der Waals surface area contributed by atoms with Gasteiger partial charge in [0.25, 0.3) is 0 Å². The number of benzene rings is 1. The fraction of sp³-hybridized carbons (Fsp3) is 0.231. The fourth-order valence-electron chi connectivity index (χ4n) is 1.69. The number of carbonyl (C=O) groups is 1. The Morgan fingerprint density at radius 3 is 2.89 bits per heavy atom. The van der Waals surface area contributed by atoms with Crippen molar-refractivity contribution in [3.8, 4) is 0 Å². The monoisotopic (exact) mass is 278 g/mol. The van der Waals surface area contributed by atoms with Gasteiger partial charge in [-0.3, -0.25) is 9.48 Å². The summed E-state index contributed by atoms with van der Waals surface area (Å²) in [5.74, 6) is -0.257. The zero-order valence-corrected chi connectivity index (χ0v) is 11.3. The molecule has 2 aromatic rings. The number of nitrogens with zero attached hydrogens (tertiary/aromatic N) is 2. The maximum atomic E-state index is 11.9. The zero-order chi connectivity index (χ0) is 13.8. The first-order valence-electron chi connectivity index (χ1n) is 5.83. The lowest BCUT2D eigenvalue weighted by molar-refractivity contribution is -0.122. The minimum absolute atomic E-state index is 0.257. The number of aryl methyl sites for hydroxylation is 1. The number of halogens is 1. The summed E-state index contributed by atoms with van der Waals surface area (Å²) < 4.78 is 1.61. The van der Waals surface area contributed by atoms with E-state index in [-0.39, 0.29) is 5.91 Å². The van der Waals surface area contributed by atoms with Crippen LogP contribution in [0.1, 0.15) is 17.2 Å². The number of amides is 1. The van der Waals surface area contributed by atoms with E-state index in [1.807, 2.05) is 18.2 Å². The average molecular weight is 279 g/mol. The third-order valence-corrected chi connectivity index (χ3v) is 3.15. The van der Waals surface area contributed by atoms with E-state index in [0.717, 1.165) is 5.56 Å². The quantitative estimate of drug-likeness (QED) is 0.888. The lowest BCUT2D eigenvalue weighted by Gasteiger charge is -2.11. The van der Waals surface area contributed by atoms with Crippen LogP contribution >= 0.6 is 11.6 Å². The Labute approximate surface area is 116 Å². The number of aromatic nitrogens is 2. The van der Waals surface area contributed by atoms with Crippen LogP contribution in [-0.2, 0) is 18.4 Å². The molecule has 19 heavy (non-hydrogen) atoms. The molecule has 0 saturated heterocycles. The van der Waals surface area contributed by atoms with E-state index in [1.165, 1.54) is 0 Å². The van der Waals surface area contributed by atoms with Gasteiger partial charge in [0.2, 0.25) is 5.91 Å². The molecule has 0 aliphatic heterocycles. The van der Waals surface area contributed by atoms with Gasteiger partial charge in [-0.2, -0.15) is 5.10 Å². The van der Waals surface area contributed by atoms with Crippen molar-refractivity contribution in [2.45, 2.75) is 12.6 Å². The first kappa shape index (κ1) is 13.6. The first-order valence-corrected chi connectivity index (χ1v) is 6.21. The van der Waals surface area contributed by atoms with Crippen LogP contribution in [0.5, 0.6) is 0 Å². The SMILES string of the molecule is Cn1cc(C(N)C(=O)NCc2ccccc2Cl)cn1. The molecule has 1 heterocycles. The van der Waals surface area contributed by atoms with Crippen LogP contribution in [0, 0.1) is 0 Å². The molecule has 1 aromatic carbocycles. The van der Waals surface area contributed by atoms with E-state index in [0.29, 0.717) is 17.1 Å². The van der Waals surface area contributed by atoms with Crippen molar-refractivity contribution < 1.29 is 4.79 Å². The summed E-state index contributed by atoms with van der Waals surface area (Å²) in [6.45, 7) is 0.354. The second-order valence-corrected chi connectivity index (χ2v) is 4.64. The second-order valence-electron chi connectivity index (χ2n) is 4.23. The van der Waals surface area contributed by atoms with Crippen LogP contribution in [0.25, 0.3) is 0 Å². The van der Waals surface area contributed by atoms with Gasteiger partial charge in [0, 0.05) is 30.4 Å². The fourth-order valence-corrected chi connectivity index (χ4v) is 1.89. The third-order valence-electron chi connectivity index (χ3n) is 2.78. The van der Waals surface area contributed by atoms with Crippen molar-refractivity contribution in [2.24, 2.45) is 12.8 Å². The van der Waals surface area contributed by atoms with Gasteiger partial charge >= 0.3 is 0 Å². The summed E-state index contributed by atoms with van der Waals surface area (Å²) >= 11 is 6.01. The largest absolute Gasteiger partial charge is 0.350 e. The maximum Gasteiger partial charge on any atom is 0.241 e. The van der Waals surface area contributed by atoms with Gasteiger partial charge in [-0.1, -0.05) is 29.8 Å². The molecule has 6 heteroatoms. The summed E-state index contributed by atoms with van der Waals surface area (Å²) in [6.07, 6.45) is 3.31. The van der Waals surface area contributed by atoms with Crippen molar-refractivity contribution in [3.05, 3.63) is 52.8 Å².